The van der Waals surface area contributed by atoms with Crippen LogP contribution < -0.4 is 0 Å². The number of hydrogen-bond acceptors (Lipinski definition) is 0. The summed E-state index contributed by atoms with van der Waals surface area (Å²) in [5.41, 5.74) is 6.01. The molecule has 0 spiro atoms. The monoisotopic (exact) mass is 524 g/mol. The fraction of sp³-hybridized carbons (Fsp3) is 0.400. The molecule has 0 aliphatic heterocycles. The van der Waals surface area contributed by atoms with Crippen LogP contribution in [0.25, 0.3) is 64.6 Å². The highest BCUT2D eigenvalue weighted by molar-refractivity contribution is 6.45. The summed E-state index contributed by atoms with van der Waals surface area (Å²) >= 11 is 0. The highest BCUT2D eigenvalue weighted by Gasteiger charge is 2.33. The van der Waals surface area contributed by atoms with E-state index in [1.807, 2.05) is 0 Å². The molecular weight excluding hydrogens is 480 g/mol. The minimum absolute atomic E-state index is 0.0342. The summed E-state index contributed by atoms with van der Waals surface area (Å²) < 4.78 is 0. The fourth-order valence-electron chi connectivity index (χ4n) is 7.68. The van der Waals surface area contributed by atoms with Crippen molar-refractivity contribution in [2.24, 2.45) is 0 Å². The molecule has 0 atom stereocenters. The van der Waals surface area contributed by atoms with E-state index in [0.717, 1.165) is 0 Å². The van der Waals surface area contributed by atoms with Gasteiger partial charge in [-0.1, -0.05) is 107 Å². The van der Waals surface area contributed by atoms with E-state index in [0.29, 0.717) is 0 Å². The maximum absolute atomic E-state index is 2.53. The standard InChI is InChI=1S/C40H44/c1-37(2,3)25-17-21-13-14-23-19-27(39(7,8)9)34-28(40(10,11)12)20-24-16-15-22-18-26(38(4,5)6)33(25)35-29(21)31(23)36(34)32(24)30(22)35/h13-20H,1-12H3. The predicted molar refractivity (Wildman–Crippen MR) is 180 cm³/mol. The van der Waals surface area contributed by atoms with Crippen molar-refractivity contribution in [3.8, 4) is 0 Å². The Balaban J connectivity index is 1.94. The molecule has 0 radical (unpaired) electrons. The Hall–Kier alpha value is -3.12. The lowest BCUT2D eigenvalue weighted by Crippen LogP contribution is -2.19. The summed E-state index contributed by atoms with van der Waals surface area (Å²) in [6, 6.07) is 19.7. The van der Waals surface area contributed by atoms with Crippen LogP contribution in [0.15, 0.2) is 48.5 Å². The quantitative estimate of drug-likeness (QED) is 0.137. The van der Waals surface area contributed by atoms with Gasteiger partial charge in [-0.15, -0.1) is 0 Å². The molecule has 0 bridgehead atoms. The van der Waals surface area contributed by atoms with Crippen LogP contribution in [0.3, 0.4) is 0 Å². The molecule has 0 nitrogen and oxygen atoms in total. The van der Waals surface area contributed by atoms with Gasteiger partial charge in [0.1, 0.15) is 0 Å². The zero-order chi connectivity index (χ0) is 28.9. The lowest BCUT2D eigenvalue weighted by molar-refractivity contribution is 0.581. The Labute approximate surface area is 239 Å². The van der Waals surface area contributed by atoms with Gasteiger partial charge in [-0.05, 0) is 133 Å². The van der Waals surface area contributed by atoms with Gasteiger partial charge < -0.3 is 0 Å². The topological polar surface area (TPSA) is 0 Å². The molecule has 0 saturated carbocycles. The molecule has 0 fully saturated rings. The van der Waals surface area contributed by atoms with Crippen molar-refractivity contribution in [2.75, 3.05) is 0 Å². The van der Waals surface area contributed by atoms with Gasteiger partial charge in [0.25, 0.3) is 0 Å². The minimum Gasteiger partial charge on any atom is -0.0561 e. The predicted octanol–water partition coefficient (Wildman–Crippen LogP) is 12.1. The van der Waals surface area contributed by atoms with Crippen LogP contribution in [0.2, 0.25) is 0 Å². The summed E-state index contributed by atoms with van der Waals surface area (Å²) in [5.74, 6) is 0. The third-order valence-electron chi connectivity index (χ3n) is 9.55. The van der Waals surface area contributed by atoms with Gasteiger partial charge in [0.2, 0.25) is 0 Å². The second kappa shape index (κ2) is 7.39. The number of hydrogen-bond donors (Lipinski definition) is 0. The molecule has 0 amide bonds. The molecule has 7 aromatic carbocycles. The molecule has 0 saturated heterocycles. The molecule has 0 aliphatic carbocycles. The minimum atomic E-state index is 0.0342. The van der Waals surface area contributed by atoms with Gasteiger partial charge in [-0.3, -0.25) is 0 Å². The lowest BCUT2D eigenvalue weighted by atomic mass is 9.70. The summed E-state index contributed by atoms with van der Waals surface area (Å²) in [7, 11) is 0. The highest BCUT2D eigenvalue weighted by Crippen LogP contribution is 2.55. The maximum Gasteiger partial charge on any atom is -0.000791 e. The van der Waals surface area contributed by atoms with Crippen LogP contribution in [0.4, 0.5) is 0 Å². The molecule has 0 N–H and O–H groups in total. The van der Waals surface area contributed by atoms with E-state index in [1.54, 1.807) is 0 Å². The fourth-order valence-corrected chi connectivity index (χ4v) is 7.68. The van der Waals surface area contributed by atoms with Crippen LogP contribution in [-0.4, -0.2) is 0 Å². The molecule has 7 aromatic rings. The van der Waals surface area contributed by atoms with E-state index in [9.17, 15) is 0 Å². The Morgan fingerprint density at radius 2 is 0.475 bits per heavy atom. The van der Waals surface area contributed by atoms with E-state index in [2.05, 4.69) is 132 Å². The first-order chi connectivity index (χ1) is 18.4. The third kappa shape index (κ3) is 3.26. The second-order valence-corrected chi connectivity index (χ2v) is 16.7. The molecule has 7 rings (SSSR count). The largest absolute Gasteiger partial charge is 0.0561 e. The van der Waals surface area contributed by atoms with Crippen molar-refractivity contribution in [2.45, 2.75) is 105 Å². The summed E-state index contributed by atoms with van der Waals surface area (Å²) in [5, 5.41) is 17.3. The van der Waals surface area contributed by atoms with Crippen LogP contribution >= 0.6 is 0 Å². The van der Waals surface area contributed by atoms with E-state index in [-0.39, 0.29) is 21.7 Å². The summed E-state index contributed by atoms with van der Waals surface area (Å²) in [4.78, 5) is 0. The number of benzene rings is 7. The van der Waals surface area contributed by atoms with Gasteiger partial charge in [0.15, 0.2) is 0 Å². The SMILES string of the molecule is CC(C)(C)c1cc2ccc3cc(C(C)(C)C)c4c(C(C)(C)C)cc5ccc6cc(C(C)(C)C)c1c1c2c3c4c5c61. The highest BCUT2D eigenvalue weighted by atomic mass is 14.4. The maximum atomic E-state index is 2.53. The zero-order valence-electron chi connectivity index (χ0n) is 26.6. The molecule has 0 aliphatic rings. The molecular formula is C40H44. The first-order valence-corrected chi connectivity index (χ1v) is 15.1. The smallest absolute Gasteiger partial charge is 0.000791 e. The zero-order valence-corrected chi connectivity index (χ0v) is 26.6. The van der Waals surface area contributed by atoms with E-state index >= 15 is 0 Å². The van der Waals surface area contributed by atoms with Crippen molar-refractivity contribution >= 4 is 64.6 Å². The van der Waals surface area contributed by atoms with Crippen molar-refractivity contribution in [3.63, 3.8) is 0 Å². The lowest BCUT2D eigenvalue weighted by Gasteiger charge is -2.34. The Morgan fingerprint density at radius 3 is 0.650 bits per heavy atom. The molecule has 0 heteroatoms. The van der Waals surface area contributed by atoms with Crippen LogP contribution in [0.1, 0.15) is 105 Å². The van der Waals surface area contributed by atoms with Crippen molar-refractivity contribution < 1.29 is 0 Å². The van der Waals surface area contributed by atoms with Crippen LogP contribution in [0, 0.1) is 0 Å². The van der Waals surface area contributed by atoms with Gasteiger partial charge in [-0.2, -0.15) is 0 Å². The number of rotatable bonds is 0. The van der Waals surface area contributed by atoms with Crippen LogP contribution in [-0.2, 0) is 21.7 Å². The Kier molecular flexibility index (Phi) is 4.77. The van der Waals surface area contributed by atoms with Gasteiger partial charge in [0.05, 0.1) is 0 Å². The first-order valence-electron chi connectivity index (χ1n) is 15.1. The van der Waals surface area contributed by atoms with Gasteiger partial charge >= 0.3 is 0 Å². The van der Waals surface area contributed by atoms with Gasteiger partial charge in [-0.25, -0.2) is 0 Å². The second-order valence-electron chi connectivity index (χ2n) is 16.7. The normalized spacial score (nSPS) is 14.5. The summed E-state index contributed by atoms with van der Waals surface area (Å²) in [6.45, 7) is 28.6. The average molecular weight is 525 g/mol. The van der Waals surface area contributed by atoms with Crippen LogP contribution in [0.5, 0.6) is 0 Å². The molecule has 0 heterocycles. The van der Waals surface area contributed by atoms with Crippen molar-refractivity contribution in [3.05, 3.63) is 70.8 Å². The van der Waals surface area contributed by atoms with E-state index < -0.39 is 0 Å². The molecule has 40 heavy (non-hydrogen) atoms. The average Bonchev–Trinajstić information content (AvgIpc) is 2.83. The van der Waals surface area contributed by atoms with Crippen molar-refractivity contribution in [1.82, 2.24) is 0 Å². The Bertz CT molecular complexity index is 1810. The van der Waals surface area contributed by atoms with Gasteiger partial charge in [0, 0.05) is 0 Å². The molecule has 0 unspecified atom stereocenters. The molecule has 0 aromatic heterocycles. The van der Waals surface area contributed by atoms with E-state index in [4.69, 9.17) is 0 Å². The summed E-state index contributed by atoms with van der Waals surface area (Å²) in [6.07, 6.45) is 0. The third-order valence-corrected chi connectivity index (χ3v) is 9.55. The van der Waals surface area contributed by atoms with E-state index in [1.165, 1.54) is 86.9 Å². The molecule has 204 valence electrons. The van der Waals surface area contributed by atoms with Crippen molar-refractivity contribution in [1.29, 1.82) is 0 Å². The first kappa shape index (κ1) is 25.8. The Morgan fingerprint density at radius 1 is 0.275 bits per heavy atom.